The number of hydrogen-bond donors (Lipinski definition) is 0. The second-order valence-corrected chi connectivity index (χ2v) is 6.46. The molecule has 0 aromatic heterocycles. The Labute approximate surface area is 129 Å². The molecular formula is C16H16Cl2S. The maximum absolute atomic E-state index is 6.12. The van der Waals surface area contributed by atoms with Gasteiger partial charge in [0.1, 0.15) is 0 Å². The van der Waals surface area contributed by atoms with Crippen LogP contribution >= 0.6 is 35.0 Å². The summed E-state index contributed by atoms with van der Waals surface area (Å²) in [4.78, 5) is 0. The second kappa shape index (κ2) is 6.69. The van der Waals surface area contributed by atoms with E-state index in [0.717, 1.165) is 32.7 Å². The SMILES string of the molecule is Cc1ccc(CSCc2ccc(C)c(Cl)c2)cc1Cl. The molecule has 3 heteroatoms. The first-order chi connectivity index (χ1) is 9.06. The van der Waals surface area contributed by atoms with Crippen molar-refractivity contribution in [1.82, 2.24) is 0 Å². The molecule has 0 aliphatic heterocycles. The molecule has 0 spiro atoms. The van der Waals surface area contributed by atoms with Crippen LogP contribution in [0.1, 0.15) is 22.3 Å². The first-order valence-electron chi connectivity index (χ1n) is 6.14. The topological polar surface area (TPSA) is 0 Å². The van der Waals surface area contributed by atoms with E-state index in [0.29, 0.717) is 0 Å². The number of hydrogen-bond acceptors (Lipinski definition) is 1. The lowest BCUT2D eigenvalue weighted by molar-refractivity contribution is 1.33. The maximum Gasteiger partial charge on any atom is 0.0438 e. The zero-order chi connectivity index (χ0) is 13.8. The van der Waals surface area contributed by atoms with Gasteiger partial charge >= 0.3 is 0 Å². The first kappa shape index (κ1) is 14.8. The Kier molecular flexibility index (Phi) is 5.20. The monoisotopic (exact) mass is 310 g/mol. The Balaban J connectivity index is 1.92. The minimum absolute atomic E-state index is 0.844. The Morgan fingerprint density at radius 3 is 1.58 bits per heavy atom. The highest BCUT2D eigenvalue weighted by atomic mass is 35.5. The molecule has 19 heavy (non-hydrogen) atoms. The van der Waals surface area contributed by atoms with Crippen molar-refractivity contribution in [3.8, 4) is 0 Å². The lowest BCUT2D eigenvalue weighted by atomic mass is 10.2. The van der Waals surface area contributed by atoms with Gasteiger partial charge in [0.25, 0.3) is 0 Å². The van der Waals surface area contributed by atoms with Gasteiger partial charge in [-0.3, -0.25) is 0 Å². The largest absolute Gasteiger partial charge is 0.152 e. The van der Waals surface area contributed by atoms with E-state index in [1.165, 1.54) is 11.1 Å². The summed E-state index contributed by atoms with van der Waals surface area (Å²) in [6, 6.07) is 12.5. The van der Waals surface area contributed by atoms with E-state index >= 15 is 0 Å². The average Bonchev–Trinajstić information content (AvgIpc) is 2.38. The normalized spacial score (nSPS) is 10.7. The van der Waals surface area contributed by atoms with Gasteiger partial charge < -0.3 is 0 Å². The van der Waals surface area contributed by atoms with Crippen LogP contribution in [0, 0.1) is 13.8 Å². The van der Waals surface area contributed by atoms with E-state index in [4.69, 9.17) is 23.2 Å². The third-order valence-electron chi connectivity index (χ3n) is 3.01. The Hall–Kier alpha value is -0.630. The molecule has 2 aromatic rings. The molecule has 0 aliphatic carbocycles. The quantitative estimate of drug-likeness (QED) is 0.663. The van der Waals surface area contributed by atoms with E-state index < -0.39 is 0 Å². The highest BCUT2D eigenvalue weighted by Crippen LogP contribution is 2.24. The fourth-order valence-electron chi connectivity index (χ4n) is 1.74. The molecule has 100 valence electrons. The van der Waals surface area contributed by atoms with Crippen LogP contribution in [0.3, 0.4) is 0 Å². The molecule has 0 atom stereocenters. The van der Waals surface area contributed by atoms with E-state index in [1.807, 2.05) is 37.7 Å². The minimum Gasteiger partial charge on any atom is -0.152 e. The lowest BCUT2D eigenvalue weighted by Gasteiger charge is -2.06. The third kappa shape index (κ3) is 4.17. The summed E-state index contributed by atoms with van der Waals surface area (Å²) >= 11 is 14.1. The molecular weight excluding hydrogens is 295 g/mol. The van der Waals surface area contributed by atoms with Crippen molar-refractivity contribution in [3.63, 3.8) is 0 Å². The van der Waals surface area contributed by atoms with Gasteiger partial charge in [0.05, 0.1) is 0 Å². The van der Waals surface area contributed by atoms with Crippen molar-refractivity contribution in [1.29, 1.82) is 0 Å². The van der Waals surface area contributed by atoms with Crippen LogP contribution < -0.4 is 0 Å². The number of benzene rings is 2. The predicted octanol–water partition coefficient (Wildman–Crippen LogP) is 6.04. The Morgan fingerprint density at radius 2 is 1.21 bits per heavy atom. The summed E-state index contributed by atoms with van der Waals surface area (Å²) in [6.07, 6.45) is 0. The predicted molar refractivity (Wildman–Crippen MR) is 87.4 cm³/mol. The summed E-state index contributed by atoms with van der Waals surface area (Å²) < 4.78 is 0. The van der Waals surface area contributed by atoms with Crippen LogP contribution in [-0.4, -0.2) is 0 Å². The highest BCUT2D eigenvalue weighted by molar-refractivity contribution is 7.97. The van der Waals surface area contributed by atoms with Crippen LogP contribution in [0.15, 0.2) is 36.4 Å². The lowest BCUT2D eigenvalue weighted by Crippen LogP contribution is -1.86. The summed E-state index contributed by atoms with van der Waals surface area (Å²) in [5, 5.41) is 1.69. The van der Waals surface area contributed by atoms with E-state index in [9.17, 15) is 0 Å². The molecule has 0 N–H and O–H groups in total. The molecule has 0 fully saturated rings. The van der Waals surface area contributed by atoms with Crippen LogP contribution in [0.4, 0.5) is 0 Å². The van der Waals surface area contributed by atoms with Crippen LogP contribution in [0.2, 0.25) is 10.0 Å². The van der Waals surface area contributed by atoms with Gasteiger partial charge in [-0.1, -0.05) is 47.5 Å². The molecule has 0 unspecified atom stereocenters. The van der Waals surface area contributed by atoms with Crippen molar-refractivity contribution in [2.24, 2.45) is 0 Å². The molecule has 0 nitrogen and oxygen atoms in total. The molecule has 0 radical (unpaired) electrons. The van der Waals surface area contributed by atoms with Gasteiger partial charge in [0, 0.05) is 21.6 Å². The van der Waals surface area contributed by atoms with Crippen molar-refractivity contribution in [2.75, 3.05) is 0 Å². The zero-order valence-corrected chi connectivity index (χ0v) is 13.4. The highest BCUT2D eigenvalue weighted by Gasteiger charge is 2.01. The van der Waals surface area contributed by atoms with Crippen molar-refractivity contribution in [3.05, 3.63) is 68.7 Å². The third-order valence-corrected chi connectivity index (χ3v) is 4.90. The number of rotatable bonds is 4. The van der Waals surface area contributed by atoms with Gasteiger partial charge in [-0.05, 0) is 48.2 Å². The standard InChI is InChI=1S/C16H16Cl2S/c1-11-3-5-13(7-15(11)17)9-19-10-14-6-4-12(2)16(18)8-14/h3-8H,9-10H2,1-2H3. The summed E-state index contributed by atoms with van der Waals surface area (Å²) in [5.41, 5.74) is 4.78. The summed E-state index contributed by atoms with van der Waals surface area (Å²) in [5.74, 6) is 1.93. The Morgan fingerprint density at radius 1 is 0.789 bits per heavy atom. The summed E-state index contributed by atoms with van der Waals surface area (Å²) in [6.45, 7) is 4.04. The van der Waals surface area contributed by atoms with Gasteiger partial charge in [-0.2, -0.15) is 11.8 Å². The molecule has 0 bridgehead atoms. The first-order valence-corrected chi connectivity index (χ1v) is 8.05. The molecule has 0 amide bonds. The number of thioether (sulfide) groups is 1. The summed E-state index contributed by atoms with van der Waals surface area (Å²) in [7, 11) is 0. The van der Waals surface area contributed by atoms with E-state index in [1.54, 1.807) is 0 Å². The molecule has 0 saturated carbocycles. The fourth-order valence-corrected chi connectivity index (χ4v) is 3.08. The van der Waals surface area contributed by atoms with Crippen LogP contribution in [-0.2, 0) is 11.5 Å². The average molecular weight is 311 g/mol. The van der Waals surface area contributed by atoms with Crippen LogP contribution in [0.5, 0.6) is 0 Å². The number of halogens is 2. The van der Waals surface area contributed by atoms with Crippen molar-refractivity contribution in [2.45, 2.75) is 25.4 Å². The minimum atomic E-state index is 0.844. The van der Waals surface area contributed by atoms with Gasteiger partial charge in [-0.25, -0.2) is 0 Å². The van der Waals surface area contributed by atoms with Crippen molar-refractivity contribution >= 4 is 35.0 Å². The van der Waals surface area contributed by atoms with E-state index in [-0.39, 0.29) is 0 Å². The molecule has 0 aliphatic rings. The van der Waals surface area contributed by atoms with E-state index in [2.05, 4.69) is 24.3 Å². The van der Waals surface area contributed by atoms with Gasteiger partial charge in [0.15, 0.2) is 0 Å². The maximum atomic E-state index is 6.12. The molecule has 0 saturated heterocycles. The molecule has 2 rings (SSSR count). The second-order valence-electron chi connectivity index (χ2n) is 4.66. The van der Waals surface area contributed by atoms with Gasteiger partial charge in [0.2, 0.25) is 0 Å². The molecule has 0 heterocycles. The Bertz CT molecular complexity index is 527. The fraction of sp³-hybridized carbons (Fsp3) is 0.250. The van der Waals surface area contributed by atoms with Crippen LogP contribution in [0.25, 0.3) is 0 Å². The molecule has 2 aromatic carbocycles. The van der Waals surface area contributed by atoms with Crippen molar-refractivity contribution < 1.29 is 0 Å². The number of aryl methyl sites for hydroxylation is 2. The smallest absolute Gasteiger partial charge is 0.0438 e. The van der Waals surface area contributed by atoms with Gasteiger partial charge in [-0.15, -0.1) is 0 Å². The zero-order valence-electron chi connectivity index (χ0n) is 11.0.